The number of aliphatic hydroxyl groups is 1. The number of carbonyl (C=O) groups excluding carboxylic acids is 1. The lowest BCUT2D eigenvalue weighted by Gasteiger charge is -2.15. The first kappa shape index (κ1) is 19.7. The number of hydrogen-bond acceptors (Lipinski definition) is 6. The minimum absolute atomic E-state index is 0.353. The second-order valence-electron chi connectivity index (χ2n) is 5.97. The monoisotopic (exact) mass is 381 g/mol. The van der Waals surface area contributed by atoms with Gasteiger partial charge in [-0.3, -0.25) is 9.71 Å². The maximum Gasteiger partial charge on any atom is 0.329 e. The van der Waals surface area contributed by atoms with Crippen molar-refractivity contribution in [3.8, 4) is 0 Å². The minimum atomic E-state index is -0.989. The number of nitrogens with zero attached hydrogens (tertiary/aromatic N) is 1. The van der Waals surface area contributed by atoms with Crippen LogP contribution in [0.1, 0.15) is 38.5 Å². The summed E-state index contributed by atoms with van der Waals surface area (Å²) in [5, 5.41) is 13.4. The first-order valence-electron chi connectivity index (χ1n) is 7.95. The molecule has 25 heavy (non-hydrogen) atoms. The average Bonchev–Trinajstić information content (AvgIpc) is 2.93. The molecule has 0 aliphatic heterocycles. The molecule has 0 atom stereocenters. The van der Waals surface area contributed by atoms with Gasteiger partial charge in [0.25, 0.3) is 0 Å². The zero-order chi connectivity index (χ0) is 18.4. The molecule has 0 aliphatic rings. The van der Waals surface area contributed by atoms with Gasteiger partial charge in [0.05, 0.1) is 11.3 Å². The Kier molecular flexibility index (Phi) is 6.80. The lowest BCUT2D eigenvalue weighted by molar-refractivity contribution is 0.0769. The molecule has 0 saturated heterocycles. The van der Waals surface area contributed by atoms with Crippen molar-refractivity contribution in [1.29, 1.82) is 0 Å². The predicted molar refractivity (Wildman–Crippen MR) is 102 cm³/mol. The highest BCUT2D eigenvalue weighted by Gasteiger charge is 2.23. The van der Waals surface area contributed by atoms with Crippen molar-refractivity contribution in [1.82, 2.24) is 9.71 Å². The van der Waals surface area contributed by atoms with E-state index in [-0.39, 0.29) is 6.03 Å². The minimum Gasteiger partial charge on any atom is -0.453 e. The Morgan fingerprint density at radius 1 is 1.44 bits per heavy atom. The molecule has 0 saturated carbocycles. The number of pyridine rings is 1. The Morgan fingerprint density at radius 3 is 2.84 bits per heavy atom. The van der Waals surface area contributed by atoms with Crippen molar-refractivity contribution in [2.24, 2.45) is 0 Å². The zero-order valence-electron chi connectivity index (χ0n) is 14.8. The van der Waals surface area contributed by atoms with Crippen molar-refractivity contribution in [3.63, 3.8) is 0 Å². The third kappa shape index (κ3) is 5.69. The number of thioether (sulfide) groups is 1. The number of amides is 2. The molecular weight excluding hydrogens is 358 g/mol. The third-order valence-electron chi connectivity index (χ3n) is 3.29. The molecule has 2 aromatic rings. The Labute approximate surface area is 156 Å². The molecule has 0 bridgehead atoms. The number of nitrogens with one attached hydrogen (secondary N) is 2. The third-order valence-corrected chi connectivity index (χ3v) is 5.23. The normalized spacial score (nSPS) is 11.4. The topological polar surface area (TPSA) is 87.4 Å². The van der Waals surface area contributed by atoms with E-state index in [2.05, 4.69) is 21.9 Å². The smallest absolute Gasteiger partial charge is 0.329 e. The summed E-state index contributed by atoms with van der Waals surface area (Å²) in [6.07, 6.45) is 4.43. The molecule has 2 aromatic heterocycles. The summed E-state index contributed by atoms with van der Waals surface area (Å²) in [6.45, 7) is 7.27. The highest BCUT2D eigenvalue weighted by molar-refractivity contribution is 7.99. The van der Waals surface area contributed by atoms with Gasteiger partial charge in [0, 0.05) is 34.8 Å². The largest absolute Gasteiger partial charge is 0.453 e. The molecule has 0 aromatic carbocycles. The quantitative estimate of drug-likeness (QED) is 0.482. The molecule has 3 N–H and O–H groups in total. The van der Waals surface area contributed by atoms with E-state index in [9.17, 15) is 9.90 Å². The standard InChI is InChI=1S/C17H23N3O3S2/c1-5-8-24-14-10-18-7-6-13(14)19-16(21)20-25-15-9-12(11(2)23-15)17(3,4)22/h6-7,9-10,22H,5,8H2,1-4H3,(H2,18,19,20,21). The van der Waals surface area contributed by atoms with E-state index in [1.54, 1.807) is 57.1 Å². The van der Waals surface area contributed by atoms with Crippen molar-refractivity contribution in [3.05, 3.63) is 35.9 Å². The van der Waals surface area contributed by atoms with Crippen LogP contribution in [-0.4, -0.2) is 21.9 Å². The average molecular weight is 382 g/mol. The second kappa shape index (κ2) is 8.64. The lowest BCUT2D eigenvalue weighted by Crippen LogP contribution is -2.23. The van der Waals surface area contributed by atoms with Crippen LogP contribution in [-0.2, 0) is 5.60 Å². The van der Waals surface area contributed by atoms with E-state index in [1.807, 2.05) is 0 Å². The van der Waals surface area contributed by atoms with Gasteiger partial charge < -0.3 is 14.8 Å². The van der Waals surface area contributed by atoms with Crippen LogP contribution in [0, 0.1) is 6.92 Å². The number of urea groups is 1. The number of carbonyl (C=O) groups is 1. The van der Waals surface area contributed by atoms with E-state index in [4.69, 9.17) is 4.42 Å². The number of hydrogen-bond donors (Lipinski definition) is 3. The Hall–Kier alpha value is -1.64. The Morgan fingerprint density at radius 2 is 2.20 bits per heavy atom. The molecule has 0 radical (unpaired) electrons. The van der Waals surface area contributed by atoms with Gasteiger partial charge in [-0.2, -0.15) is 0 Å². The number of rotatable bonds is 7. The molecular formula is C17H23N3O3S2. The van der Waals surface area contributed by atoms with E-state index in [0.717, 1.165) is 34.7 Å². The van der Waals surface area contributed by atoms with Crippen molar-refractivity contribution < 1.29 is 14.3 Å². The summed E-state index contributed by atoms with van der Waals surface area (Å²) < 4.78 is 8.25. The van der Waals surface area contributed by atoms with Crippen LogP contribution < -0.4 is 10.0 Å². The molecule has 0 spiro atoms. The molecule has 2 rings (SSSR count). The second-order valence-corrected chi connectivity index (χ2v) is 7.92. The molecule has 6 nitrogen and oxygen atoms in total. The van der Waals surface area contributed by atoms with Gasteiger partial charge in [-0.05, 0) is 45.1 Å². The number of aryl methyl sites for hydroxylation is 1. The highest BCUT2D eigenvalue weighted by Crippen LogP contribution is 2.30. The summed E-state index contributed by atoms with van der Waals surface area (Å²) >= 11 is 2.71. The first-order chi connectivity index (χ1) is 11.8. The molecule has 136 valence electrons. The van der Waals surface area contributed by atoms with Gasteiger partial charge in [-0.25, -0.2) is 4.79 Å². The number of anilines is 1. The van der Waals surface area contributed by atoms with Crippen molar-refractivity contribution in [2.75, 3.05) is 11.1 Å². The van der Waals surface area contributed by atoms with Crippen molar-refractivity contribution >= 4 is 35.4 Å². The van der Waals surface area contributed by atoms with Gasteiger partial charge in [0.15, 0.2) is 5.09 Å². The van der Waals surface area contributed by atoms with E-state index in [0.29, 0.717) is 16.4 Å². The molecule has 2 amide bonds. The molecule has 8 heteroatoms. The first-order valence-corrected chi connectivity index (χ1v) is 9.75. The van der Waals surface area contributed by atoms with E-state index < -0.39 is 5.60 Å². The van der Waals surface area contributed by atoms with Gasteiger partial charge >= 0.3 is 6.03 Å². The zero-order valence-corrected chi connectivity index (χ0v) is 16.4. The van der Waals surface area contributed by atoms with Crippen LogP contribution in [0.5, 0.6) is 0 Å². The molecule has 0 unspecified atom stereocenters. The number of aromatic nitrogens is 1. The summed E-state index contributed by atoms with van der Waals surface area (Å²) in [5.74, 6) is 1.59. The van der Waals surface area contributed by atoms with Crippen LogP contribution in [0.2, 0.25) is 0 Å². The SMILES string of the molecule is CCCSc1cnccc1NC(=O)NSc1cc(C(C)(C)O)c(C)o1. The maximum atomic E-state index is 12.1. The fourth-order valence-electron chi connectivity index (χ4n) is 2.17. The Balaban J connectivity index is 1.96. The Bertz CT molecular complexity index is 726. The maximum absolute atomic E-state index is 12.1. The van der Waals surface area contributed by atoms with Crippen molar-refractivity contribution in [2.45, 2.75) is 49.7 Å². The van der Waals surface area contributed by atoms with E-state index in [1.165, 1.54) is 0 Å². The van der Waals surface area contributed by atoms with Crippen LogP contribution in [0.15, 0.2) is 38.9 Å². The van der Waals surface area contributed by atoms with Gasteiger partial charge in [-0.1, -0.05) is 6.92 Å². The predicted octanol–water partition coefficient (Wildman–Crippen LogP) is 4.54. The summed E-state index contributed by atoms with van der Waals surface area (Å²) in [7, 11) is 0. The molecule has 0 aliphatic carbocycles. The van der Waals surface area contributed by atoms with Crippen LogP contribution in [0.3, 0.4) is 0 Å². The van der Waals surface area contributed by atoms with E-state index >= 15 is 0 Å². The van der Waals surface area contributed by atoms with Crippen LogP contribution >= 0.6 is 23.7 Å². The van der Waals surface area contributed by atoms with Gasteiger partial charge in [0.1, 0.15) is 5.76 Å². The summed E-state index contributed by atoms with van der Waals surface area (Å²) in [5.41, 5.74) is 0.431. The summed E-state index contributed by atoms with van der Waals surface area (Å²) in [4.78, 5) is 17.2. The fraction of sp³-hybridized carbons (Fsp3) is 0.412. The highest BCUT2D eigenvalue weighted by atomic mass is 32.2. The van der Waals surface area contributed by atoms with Crippen LogP contribution in [0.4, 0.5) is 10.5 Å². The fourth-order valence-corrected chi connectivity index (χ4v) is 3.59. The summed E-state index contributed by atoms with van der Waals surface area (Å²) in [6, 6.07) is 3.15. The van der Waals surface area contributed by atoms with Gasteiger partial charge in [-0.15, -0.1) is 11.8 Å². The van der Waals surface area contributed by atoms with Gasteiger partial charge in [0.2, 0.25) is 0 Å². The molecule has 0 fully saturated rings. The number of furan rings is 1. The lowest BCUT2D eigenvalue weighted by atomic mass is 10.00. The van der Waals surface area contributed by atoms with Crippen LogP contribution in [0.25, 0.3) is 0 Å². The molecule has 2 heterocycles.